The van der Waals surface area contributed by atoms with Gasteiger partial charge in [0.05, 0.1) is 23.9 Å². The molecule has 0 N–H and O–H groups in total. The van der Waals surface area contributed by atoms with Gasteiger partial charge in [-0.15, -0.1) is 0 Å². The highest BCUT2D eigenvalue weighted by Crippen LogP contribution is 2.46. The molecule has 0 amide bonds. The van der Waals surface area contributed by atoms with Gasteiger partial charge in [-0.3, -0.25) is 0 Å². The number of ether oxygens (including phenoxy) is 2. The van der Waals surface area contributed by atoms with E-state index in [1.807, 2.05) is 32.9 Å². The molecule has 1 aliphatic rings. The molecule has 6 nitrogen and oxygen atoms in total. The van der Waals surface area contributed by atoms with Crippen LogP contribution in [0.5, 0.6) is 0 Å². The Morgan fingerprint density at radius 1 is 1.03 bits per heavy atom. The van der Waals surface area contributed by atoms with Crippen LogP contribution in [0.4, 0.5) is 4.79 Å². The Bertz CT molecular complexity index is 1210. The molecule has 0 aliphatic heterocycles. The summed E-state index contributed by atoms with van der Waals surface area (Å²) in [7, 11) is -0.762. The van der Waals surface area contributed by atoms with E-state index in [1.165, 1.54) is 7.11 Å². The molecule has 3 rings (SSSR count). The fourth-order valence-corrected chi connectivity index (χ4v) is 12.0. The Balaban J connectivity index is 2.26. The second kappa shape index (κ2) is 11.9. The first-order valence-electron chi connectivity index (χ1n) is 14.6. The largest absolute Gasteiger partial charge is 0.546 e. The average Bonchev–Trinajstić information content (AvgIpc) is 3.05. The molecule has 0 saturated heterocycles. The van der Waals surface area contributed by atoms with Crippen LogP contribution in [0, 0.1) is 0 Å². The highest BCUT2D eigenvalue weighted by molar-refractivity contribution is 6.77. The van der Waals surface area contributed by atoms with E-state index in [-0.39, 0.29) is 5.92 Å². The maximum Gasteiger partial charge on any atom is 0.419 e. The lowest BCUT2D eigenvalue weighted by molar-refractivity contribution is 0.0538. The van der Waals surface area contributed by atoms with Crippen LogP contribution in [-0.4, -0.2) is 37.7 Å². The molecule has 7 heteroatoms. The minimum atomic E-state index is -2.15. The summed E-state index contributed by atoms with van der Waals surface area (Å²) < 4.78 is 19.8. The van der Waals surface area contributed by atoms with Crippen LogP contribution in [0.25, 0.3) is 10.9 Å². The molecule has 1 aliphatic carbocycles. The number of hydrogen-bond donors (Lipinski definition) is 0. The summed E-state index contributed by atoms with van der Waals surface area (Å²) in [5, 5.41) is 0.898. The van der Waals surface area contributed by atoms with Gasteiger partial charge in [0.2, 0.25) is 0 Å². The van der Waals surface area contributed by atoms with Gasteiger partial charge in [-0.05, 0) is 80.1 Å². The lowest BCUT2D eigenvalue weighted by atomic mass is 9.91. The number of rotatable bonds is 8. The number of fused-ring (bicyclic) bond motifs is 3. The zero-order valence-corrected chi connectivity index (χ0v) is 26.9. The van der Waals surface area contributed by atoms with Gasteiger partial charge in [0.25, 0.3) is 8.32 Å². The van der Waals surface area contributed by atoms with Crippen molar-refractivity contribution >= 4 is 31.3 Å². The lowest BCUT2D eigenvalue weighted by Crippen LogP contribution is -2.47. The molecule has 1 aromatic carbocycles. The molecule has 0 radical (unpaired) electrons. The number of hydrogen-bond acceptors (Lipinski definition) is 5. The quantitative estimate of drug-likeness (QED) is 0.240. The summed E-state index contributed by atoms with van der Waals surface area (Å²) in [6.07, 6.45) is 5.18. The van der Waals surface area contributed by atoms with E-state index < -0.39 is 26.0 Å². The van der Waals surface area contributed by atoms with Crippen LogP contribution >= 0.6 is 0 Å². The van der Waals surface area contributed by atoms with E-state index in [9.17, 15) is 9.59 Å². The lowest BCUT2D eigenvalue weighted by Gasteiger charge is -2.43. The Kier molecular flexibility index (Phi) is 9.46. The highest BCUT2D eigenvalue weighted by Gasteiger charge is 2.47. The first-order chi connectivity index (χ1) is 18.2. The standard InChI is InChI=1S/C32H49NO5Si/c1-12-13-23-18-25(38-39(20(2)3,21(4)5)22(6)7)15-17-28-29(23)26-19-24(30(34)36-11)14-16-27(26)33(28)31(35)37-32(8,9)10/h14,16,18-23H,12-13,15,17H2,1-11H3. The molecule has 0 saturated carbocycles. The molecular weight excluding hydrogens is 506 g/mol. The van der Waals surface area contributed by atoms with Crippen molar-refractivity contribution in [2.45, 2.75) is 123 Å². The van der Waals surface area contributed by atoms with E-state index in [2.05, 4.69) is 54.5 Å². The molecule has 1 atom stereocenters. The van der Waals surface area contributed by atoms with Gasteiger partial charge in [-0.2, -0.15) is 0 Å². The predicted octanol–water partition coefficient (Wildman–Crippen LogP) is 9.12. The van der Waals surface area contributed by atoms with E-state index in [4.69, 9.17) is 13.9 Å². The van der Waals surface area contributed by atoms with Crippen molar-refractivity contribution in [2.24, 2.45) is 0 Å². The number of nitrogens with zero attached hydrogens (tertiary/aromatic N) is 1. The second-order valence-corrected chi connectivity index (χ2v) is 18.2. The maximum absolute atomic E-state index is 13.6. The number of aromatic nitrogens is 1. The third kappa shape index (κ3) is 6.13. The Morgan fingerprint density at radius 3 is 2.15 bits per heavy atom. The minimum absolute atomic E-state index is 0.0553. The van der Waals surface area contributed by atoms with Crippen molar-refractivity contribution in [2.75, 3.05) is 7.11 Å². The van der Waals surface area contributed by atoms with Crippen LogP contribution in [0.2, 0.25) is 16.6 Å². The molecule has 1 aromatic heterocycles. The van der Waals surface area contributed by atoms with E-state index in [0.29, 0.717) is 28.6 Å². The summed E-state index contributed by atoms with van der Waals surface area (Å²) >= 11 is 0. The first kappa shape index (κ1) is 31.0. The smallest absolute Gasteiger partial charge is 0.419 e. The third-order valence-corrected chi connectivity index (χ3v) is 14.1. The number of methoxy groups -OCH3 is 1. The minimum Gasteiger partial charge on any atom is -0.546 e. The van der Waals surface area contributed by atoms with E-state index >= 15 is 0 Å². The van der Waals surface area contributed by atoms with Gasteiger partial charge >= 0.3 is 12.1 Å². The fraction of sp³-hybridized carbons (Fsp3) is 0.625. The Hall–Kier alpha value is -2.54. The van der Waals surface area contributed by atoms with Crippen LogP contribution in [-0.2, 0) is 20.3 Å². The van der Waals surface area contributed by atoms with Gasteiger partial charge in [0.15, 0.2) is 0 Å². The number of carbonyl (C=O) groups is 2. The summed E-state index contributed by atoms with van der Waals surface area (Å²) in [4.78, 5) is 26.1. The normalized spacial score (nSPS) is 16.4. The molecule has 1 heterocycles. The molecular formula is C32H49NO5Si. The van der Waals surface area contributed by atoms with Gasteiger partial charge < -0.3 is 13.9 Å². The van der Waals surface area contributed by atoms with Gasteiger partial charge in [-0.1, -0.05) is 54.9 Å². The molecule has 216 valence electrons. The zero-order chi connectivity index (χ0) is 29.3. The van der Waals surface area contributed by atoms with Crippen molar-refractivity contribution in [1.82, 2.24) is 4.57 Å². The van der Waals surface area contributed by atoms with Crippen molar-refractivity contribution < 1.29 is 23.5 Å². The molecule has 0 bridgehead atoms. The van der Waals surface area contributed by atoms with Gasteiger partial charge in [0, 0.05) is 23.4 Å². The van der Waals surface area contributed by atoms with Gasteiger partial charge in [-0.25, -0.2) is 14.2 Å². The number of esters is 1. The first-order valence-corrected chi connectivity index (χ1v) is 16.7. The predicted molar refractivity (Wildman–Crippen MR) is 161 cm³/mol. The van der Waals surface area contributed by atoms with Crippen molar-refractivity contribution in [3.63, 3.8) is 0 Å². The van der Waals surface area contributed by atoms with E-state index in [0.717, 1.165) is 47.2 Å². The number of benzene rings is 1. The SMILES string of the molecule is CCCC1C=C(O[Si](C(C)C)(C(C)C)C(C)C)CCc2c1c1cc(C(=O)OC)ccc1n2C(=O)OC(C)(C)C. The second-order valence-electron chi connectivity index (χ2n) is 12.8. The van der Waals surface area contributed by atoms with Crippen molar-refractivity contribution in [3.8, 4) is 0 Å². The molecule has 39 heavy (non-hydrogen) atoms. The summed E-state index contributed by atoms with van der Waals surface area (Å²) in [6, 6.07) is 5.44. The molecule has 0 spiro atoms. The van der Waals surface area contributed by atoms with Crippen molar-refractivity contribution in [1.29, 1.82) is 0 Å². The topological polar surface area (TPSA) is 66.8 Å². The number of carbonyl (C=O) groups excluding carboxylic acids is 2. The van der Waals surface area contributed by atoms with E-state index in [1.54, 1.807) is 10.6 Å². The third-order valence-electron chi connectivity index (χ3n) is 8.09. The summed E-state index contributed by atoms with van der Waals surface area (Å²) in [6.45, 7) is 21.7. The van der Waals surface area contributed by atoms with Crippen molar-refractivity contribution in [3.05, 3.63) is 46.9 Å². The molecule has 0 fully saturated rings. The molecule has 1 unspecified atom stereocenters. The highest BCUT2D eigenvalue weighted by atomic mass is 28.4. The monoisotopic (exact) mass is 555 g/mol. The van der Waals surface area contributed by atoms with Crippen LogP contribution in [0.15, 0.2) is 30.0 Å². The molecule has 2 aromatic rings. The van der Waals surface area contributed by atoms with Gasteiger partial charge in [0.1, 0.15) is 5.60 Å². The van der Waals surface area contributed by atoms with Crippen LogP contribution in [0.3, 0.4) is 0 Å². The van der Waals surface area contributed by atoms with Crippen LogP contribution in [0.1, 0.15) is 116 Å². The number of allylic oxidation sites excluding steroid dienone is 2. The maximum atomic E-state index is 13.6. The Morgan fingerprint density at radius 2 is 1.64 bits per heavy atom. The average molecular weight is 556 g/mol. The van der Waals surface area contributed by atoms with Crippen LogP contribution < -0.4 is 0 Å². The summed E-state index contributed by atoms with van der Waals surface area (Å²) in [5.41, 5.74) is 4.03. The fourth-order valence-electron chi connectivity index (χ4n) is 6.63. The summed E-state index contributed by atoms with van der Waals surface area (Å²) in [5.74, 6) is 0.706. The Labute approximate surface area is 236 Å². The zero-order valence-electron chi connectivity index (χ0n) is 25.9.